The molecule has 0 unspecified atom stereocenters. The maximum absolute atomic E-state index is 2.56. The van der Waals surface area contributed by atoms with Gasteiger partial charge in [-0.05, 0) is 38.1 Å². The highest BCUT2D eigenvalue weighted by Crippen LogP contribution is 2.20. The lowest BCUT2D eigenvalue weighted by Crippen LogP contribution is -2.29. The summed E-state index contributed by atoms with van der Waals surface area (Å²) >= 11 is 1.95. The molecule has 0 radical (unpaired) electrons. The monoisotopic (exact) mass is 207 g/mol. The van der Waals surface area contributed by atoms with Gasteiger partial charge in [-0.15, -0.1) is 11.8 Å². The predicted octanol–water partition coefficient (Wildman–Crippen LogP) is 3.22. The van der Waals surface area contributed by atoms with Gasteiger partial charge >= 0.3 is 0 Å². The van der Waals surface area contributed by atoms with Crippen molar-refractivity contribution in [1.29, 1.82) is 0 Å². The van der Waals surface area contributed by atoms with E-state index < -0.39 is 0 Å². The first-order valence-corrected chi connectivity index (χ1v) is 6.34. The molecule has 14 heavy (non-hydrogen) atoms. The summed E-state index contributed by atoms with van der Waals surface area (Å²) in [7, 11) is 0. The molecule has 1 aromatic carbocycles. The Balaban J connectivity index is 1.76. The molecule has 76 valence electrons. The summed E-state index contributed by atoms with van der Waals surface area (Å²) in [5, 5.41) is 0. The van der Waals surface area contributed by atoms with Crippen LogP contribution in [0, 0.1) is 0 Å². The van der Waals surface area contributed by atoms with Crippen LogP contribution in [0.15, 0.2) is 35.2 Å². The Labute approximate surface area is 90.5 Å². The molecule has 0 N–H and O–H groups in total. The summed E-state index contributed by atoms with van der Waals surface area (Å²) < 4.78 is 0. The van der Waals surface area contributed by atoms with E-state index in [4.69, 9.17) is 0 Å². The van der Waals surface area contributed by atoms with Gasteiger partial charge in [0.2, 0.25) is 0 Å². The lowest BCUT2D eigenvalue weighted by Gasteiger charge is -2.25. The van der Waals surface area contributed by atoms with Crippen molar-refractivity contribution < 1.29 is 0 Å². The number of rotatable bonds is 3. The fourth-order valence-corrected chi connectivity index (χ4v) is 2.71. The van der Waals surface area contributed by atoms with Gasteiger partial charge in [-0.3, -0.25) is 4.90 Å². The summed E-state index contributed by atoms with van der Waals surface area (Å²) in [5.74, 6) is 1.16. The van der Waals surface area contributed by atoms with Crippen LogP contribution in [0.4, 0.5) is 0 Å². The van der Waals surface area contributed by atoms with Gasteiger partial charge < -0.3 is 0 Å². The van der Waals surface area contributed by atoms with Crippen LogP contribution in [0.3, 0.4) is 0 Å². The van der Waals surface area contributed by atoms with Crippen molar-refractivity contribution in [2.75, 3.05) is 19.0 Å². The Bertz CT molecular complexity index is 254. The second-order valence-corrected chi connectivity index (χ2v) is 4.78. The zero-order valence-corrected chi connectivity index (χ0v) is 9.30. The van der Waals surface area contributed by atoms with E-state index in [0.29, 0.717) is 0 Å². The Morgan fingerprint density at radius 2 is 1.71 bits per heavy atom. The Kier molecular flexibility index (Phi) is 3.90. The van der Waals surface area contributed by atoms with Gasteiger partial charge in [0.25, 0.3) is 0 Å². The van der Waals surface area contributed by atoms with E-state index in [0.717, 1.165) is 5.88 Å². The maximum Gasteiger partial charge on any atom is 0.0491 e. The van der Waals surface area contributed by atoms with Crippen LogP contribution < -0.4 is 0 Å². The largest absolute Gasteiger partial charge is 0.294 e. The summed E-state index contributed by atoms with van der Waals surface area (Å²) in [6.07, 6.45) is 4.19. The molecule has 0 amide bonds. The van der Waals surface area contributed by atoms with Crippen molar-refractivity contribution in [3.63, 3.8) is 0 Å². The highest BCUT2D eigenvalue weighted by Gasteiger charge is 2.09. The molecule has 2 heteroatoms. The van der Waals surface area contributed by atoms with E-state index in [1.165, 1.54) is 37.2 Å². The first kappa shape index (κ1) is 10.1. The number of hydrogen-bond acceptors (Lipinski definition) is 2. The molecule has 1 heterocycles. The lowest BCUT2D eigenvalue weighted by molar-refractivity contribution is 0.266. The third kappa shape index (κ3) is 3.03. The molecule has 1 nitrogen and oxygen atoms in total. The number of benzene rings is 1. The molecular formula is C12H17NS. The van der Waals surface area contributed by atoms with Gasteiger partial charge in [-0.1, -0.05) is 24.6 Å². The molecule has 1 aromatic rings. The van der Waals surface area contributed by atoms with E-state index in [1.54, 1.807) is 0 Å². The van der Waals surface area contributed by atoms with E-state index in [-0.39, 0.29) is 0 Å². The van der Waals surface area contributed by atoms with Gasteiger partial charge in [0.05, 0.1) is 0 Å². The van der Waals surface area contributed by atoms with Gasteiger partial charge in [0.1, 0.15) is 0 Å². The highest BCUT2D eigenvalue weighted by molar-refractivity contribution is 7.99. The fraction of sp³-hybridized carbons (Fsp3) is 0.500. The Hall–Kier alpha value is -0.470. The van der Waals surface area contributed by atoms with E-state index in [1.807, 2.05) is 11.8 Å². The van der Waals surface area contributed by atoms with Gasteiger partial charge in [0.15, 0.2) is 0 Å². The van der Waals surface area contributed by atoms with Crippen molar-refractivity contribution >= 4 is 11.8 Å². The number of hydrogen-bond donors (Lipinski definition) is 0. The smallest absolute Gasteiger partial charge is 0.0491 e. The topological polar surface area (TPSA) is 3.24 Å². The van der Waals surface area contributed by atoms with Gasteiger partial charge in [0, 0.05) is 10.8 Å². The standard InChI is InChI=1S/C12H17NS/c1-3-7-12(8-4-1)14-11-13-9-5-2-6-10-13/h1,3-4,7-8H,2,5-6,9-11H2. The fourth-order valence-electron chi connectivity index (χ4n) is 1.77. The van der Waals surface area contributed by atoms with Crippen LogP contribution >= 0.6 is 11.8 Å². The first-order chi connectivity index (χ1) is 6.95. The average Bonchev–Trinajstić information content (AvgIpc) is 2.29. The van der Waals surface area contributed by atoms with Crippen LogP contribution in [0.1, 0.15) is 19.3 Å². The van der Waals surface area contributed by atoms with Crippen LogP contribution in [0.5, 0.6) is 0 Å². The molecule has 1 aliphatic heterocycles. The Morgan fingerprint density at radius 1 is 1.00 bits per heavy atom. The normalized spacial score (nSPS) is 18.3. The highest BCUT2D eigenvalue weighted by atomic mass is 32.2. The van der Waals surface area contributed by atoms with Crippen molar-refractivity contribution in [2.24, 2.45) is 0 Å². The van der Waals surface area contributed by atoms with Gasteiger partial charge in [-0.2, -0.15) is 0 Å². The van der Waals surface area contributed by atoms with E-state index in [2.05, 4.69) is 35.2 Å². The second-order valence-electron chi connectivity index (χ2n) is 3.77. The zero-order valence-electron chi connectivity index (χ0n) is 8.48. The molecule has 0 bridgehead atoms. The molecule has 0 spiro atoms. The third-order valence-corrected chi connectivity index (χ3v) is 3.71. The number of piperidine rings is 1. The Morgan fingerprint density at radius 3 is 2.43 bits per heavy atom. The average molecular weight is 207 g/mol. The molecule has 0 atom stereocenters. The number of likely N-dealkylation sites (tertiary alicyclic amines) is 1. The number of nitrogens with zero attached hydrogens (tertiary/aromatic N) is 1. The molecule has 1 aliphatic rings. The maximum atomic E-state index is 2.56. The minimum Gasteiger partial charge on any atom is -0.294 e. The molecule has 0 saturated carbocycles. The van der Waals surface area contributed by atoms with Crippen LogP contribution in [0.2, 0.25) is 0 Å². The number of thioether (sulfide) groups is 1. The third-order valence-electron chi connectivity index (χ3n) is 2.61. The molecule has 0 aliphatic carbocycles. The van der Waals surface area contributed by atoms with Crippen molar-refractivity contribution in [3.05, 3.63) is 30.3 Å². The van der Waals surface area contributed by atoms with Crippen molar-refractivity contribution in [1.82, 2.24) is 4.90 Å². The van der Waals surface area contributed by atoms with Crippen LogP contribution in [0.25, 0.3) is 0 Å². The molecule has 2 rings (SSSR count). The molecular weight excluding hydrogens is 190 g/mol. The SMILES string of the molecule is c1ccc(SCN2CCCCC2)cc1. The second kappa shape index (κ2) is 5.42. The van der Waals surface area contributed by atoms with E-state index in [9.17, 15) is 0 Å². The first-order valence-electron chi connectivity index (χ1n) is 5.35. The molecule has 1 fully saturated rings. The quantitative estimate of drug-likeness (QED) is 0.700. The van der Waals surface area contributed by atoms with Gasteiger partial charge in [-0.25, -0.2) is 0 Å². The minimum atomic E-state index is 1.16. The minimum absolute atomic E-state index is 1.16. The van der Waals surface area contributed by atoms with Crippen LogP contribution in [-0.4, -0.2) is 23.9 Å². The summed E-state index contributed by atoms with van der Waals surface area (Å²) in [6, 6.07) is 10.7. The summed E-state index contributed by atoms with van der Waals surface area (Å²) in [4.78, 5) is 3.94. The molecule has 0 aromatic heterocycles. The predicted molar refractivity (Wildman–Crippen MR) is 62.6 cm³/mol. The lowest BCUT2D eigenvalue weighted by atomic mass is 10.1. The summed E-state index contributed by atoms with van der Waals surface area (Å²) in [6.45, 7) is 2.58. The summed E-state index contributed by atoms with van der Waals surface area (Å²) in [5.41, 5.74) is 0. The van der Waals surface area contributed by atoms with E-state index >= 15 is 0 Å². The zero-order chi connectivity index (χ0) is 9.64. The van der Waals surface area contributed by atoms with Crippen LogP contribution in [-0.2, 0) is 0 Å². The van der Waals surface area contributed by atoms with Crippen molar-refractivity contribution in [2.45, 2.75) is 24.2 Å². The van der Waals surface area contributed by atoms with Crippen molar-refractivity contribution in [3.8, 4) is 0 Å². The molecule has 1 saturated heterocycles.